The van der Waals surface area contributed by atoms with E-state index in [1.165, 1.54) is 11.3 Å². The monoisotopic (exact) mass is 310 g/mol. The van der Waals surface area contributed by atoms with Crippen molar-refractivity contribution in [3.8, 4) is 0 Å². The first-order valence-electron chi connectivity index (χ1n) is 6.36. The van der Waals surface area contributed by atoms with Crippen molar-refractivity contribution in [2.75, 3.05) is 18.8 Å². The molecule has 1 aromatic heterocycles. The number of anilines is 1. The quantitative estimate of drug-likeness (QED) is 0.851. The first-order valence-corrected chi connectivity index (χ1v) is 7.56. The zero-order valence-corrected chi connectivity index (χ0v) is 12.6. The van der Waals surface area contributed by atoms with Crippen molar-refractivity contribution < 1.29 is 9.90 Å². The second kappa shape index (κ2) is 4.62. The second-order valence-electron chi connectivity index (χ2n) is 5.46. The van der Waals surface area contributed by atoms with Gasteiger partial charge in [0.05, 0.1) is 11.3 Å². The summed E-state index contributed by atoms with van der Waals surface area (Å²) < 4.78 is 0.946. The van der Waals surface area contributed by atoms with E-state index in [1.54, 1.807) is 24.0 Å². The number of likely N-dealkylation sites (tertiary alicyclic amines) is 1. The van der Waals surface area contributed by atoms with Crippen LogP contribution in [-0.2, 0) is 0 Å². The molecule has 2 heterocycles. The zero-order chi connectivity index (χ0) is 14.5. The molecule has 0 bridgehead atoms. The number of nitrogen functional groups attached to an aromatic ring is 1. The number of carbonyl (C=O) groups excluding carboxylic acids is 1. The minimum atomic E-state index is -0.801. The van der Waals surface area contributed by atoms with Crippen LogP contribution in [0.5, 0.6) is 0 Å². The van der Waals surface area contributed by atoms with E-state index in [2.05, 4.69) is 0 Å². The van der Waals surface area contributed by atoms with Gasteiger partial charge in [-0.3, -0.25) is 4.79 Å². The van der Waals surface area contributed by atoms with E-state index in [9.17, 15) is 9.90 Å². The molecule has 1 unspecified atom stereocenters. The summed E-state index contributed by atoms with van der Waals surface area (Å²) in [7, 11) is 0. The Morgan fingerprint density at radius 3 is 2.95 bits per heavy atom. The van der Waals surface area contributed by atoms with Gasteiger partial charge in [0.1, 0.15) is 4.88 Å². The first kappa shape index (κ1) is 13.7. The fraction of sp³-hybridized carbons (Fsp3) is 0.357. The van der Waals surface area contributed by atoms with Crippen LogP contribution in [0.1, 0.15) is 23.0 Å². The molecule has 1 fully saturated rings. The number of benzene rings is 1. The third kappa shape index (κ3) is 2.26. The Morgan fingerprint density at radius 1 is 1.55 bits per heavy atom. The molecule has 1 amide bonds. The van der Waals surface area contributed by atoms with Crippen LogP contribution >= 0.6 is 22.9 Å². The summed E-state index contributed by atoms with van der Waals surface area (Å²) in [6.07, 6.45) is 0.593. The van der Waals surface area contributed by atoms with Gasteiger partial charge in [-0.25, -0.2) is 0 Å². The van der Waals surface area contributed by atoms with Crippen LogP contribution in [0.4, 0.5) is 5.69 Å². The third-order valence-corrected chi connectivity index (χ3v) is 5.03. The van der Waals surface area contributed by atoms with Crippen LogP contribution < -0.4 is 5.73 Å². The molecule has 2 aromatic rings. The Kier molecular flexibility index (Phi) is 3.16. The van der Waals surface area contributed by atoms with Crippen molar-refractivity contribution in [1.29, 1.82) is 0 Å². The average molecular weight is 311 g/mol. The molecule has 1 atom stereocenters. The predicted molar refractivity (Wildman–Crippen MR) is 82.4 cm³/mol. The molecule has 6 heteroatoms. The summed E-state index contributed by atoms with van der Waals surface area (Å²) in [4.78, 5) is 14.7. The topological polar surface area (TPSA) is 66.6 Å². The van der Waals surface area contributed by atoms with Crippen molar-refractivity contribution in [1.82, 2.24) is 4.90 Å². The number of nitrogens with zero attached hydrogens (tertiary/aromatic N) is 1. The summed E-state index contributed by atoms with van der Waals surface area (Å²) in [5, 5.41) is 11.4. The van der Waals surface area contributed by atoms with Gasteiger partial charge in [0, 0.05) is 28.2 Å². The molecule has 0 saturated carbocycles. The average Bonchev–Trinajstić information content (AvgIpc) is 2.90. The minimum absolute atomic E-state index is 0.113. The van der Waals surface area contributed by atoms with Crippen LogP contribution in [-0.4, -0.2) is 34.6 Å². The second-order valence-corrected chi connectivity index (χ2v) is 6.95. The van der Waals surface area contributed by atoms with E-state index < -0.39 is 5.60 Å². The fourth-order valence-electron chi connectivity index (χ4n) is 2.51. The fourth-order valence-corrected chi connectivity index (χ4v) is 3.75. The highest BCUT2D eigenvalue weighted by molar-refractivity contribution is 7.21. The lowest BCUT2D eigenvalue weighted by atomic mass is 10.1. The normalized spacial score (nSPS) is 22.6. The smallest absolute Gasteiger partial charge is 0.266 e. The number of carbonyl (C=O) groups is 1. The summed E-state index contributed by atoms with van der Waals surface area (Å²) in [5.41, 5.74) is 5.76. The van der Waals surface area contributed by atoms with Gasteiger partial charge in [-0.2, -0.15) is 0 Å². The van der Waals surface area contributed by atoms with Crippen molar-refractivity contribution >= 4 is 44.6 Å². The van der Waals surface area contributed by atoms with Gasteiger partial charge < -0.3 is 15.7 Å². The van der Waals surface area contributed by atoms with Gasteiger partial charge in [0.15, 0.2) is 0 Å². The first-order chi connectivity index (χ1) is 9.37. The molecule has 4 nitrogen and oxygen atoms in total. The maximum atomic E-state index is 12.5. The molecule has 1 saturated heterocycles. The number of nitrogens with two attached hydrogens (primary N) is 1. The molecule has 3 N–H and O–H groups in total. The van der Waals surface area contributed by atoms with Crippen LogP contribution in [0.3, 0.4) is 0 Å². The number of hydrogen-bond acceptors (Lipinski definition) is 4. The van der Waals surface area contributed by atoms with Gasteiger partial charge in [0.25, 0.3) is 5.91 Å². The van der Waals surface area contributed by atoms with Crippen molar-refractivity contribution in [2.45, 2.75) is 18.9 Å². The highest BCUT2D eigenvalue weighted by Gasteiger charge is 2.35. The molecular weight excluding hydrogens is 296 g/mol. The van der Waals surface area contributed by atoms with Crippen LogP contribution in [0.25, 0.3) is 10.1 Å². The summed E-state index contributed by atoms with van der Waals surface area (Å²) in [6.45, 7) is 2.65. The Hall–Kier alpha value is -1.30. The number of thiophene rings is 1. The Balaban J connectivity index is 1.98. The molecule has 1 aliphatic heterocycles. The van der Waals surface area contributed by atoms with Gasteiger partial charge >= 0.3 is 0 Å². The van der Waals surface area contributed by atoms with Crippen LogP contribution in [0.2, 0.25) is 5.02 Å². The maximum Gasteiger partial charge on any atom is 0.266 e. The van der Waals surface area contributed by atoms with E-state index >= 15 is 0 Å². The van der Waals surface area contributed by atoms with Gasteiger partial charge in [-0.15, -0.1) is 11.3 Å². The number of aliphatic hydroxyl groups is 1. The van der Waals surface area contributed by atoms with Crippen LogP contribution in [0, 0.1) is 0 Å². The lowest BCUT2D eigenvalue weighted by molar-refractivity contribution is 0.0575. The molecule has 1 aliphatic rings. The lowest BCUT2D eigenvalue weighted by Gasteiger charge is -2.18. The minimum Gasteiger partial charge on any atom is -0.397 e. The molecule has 106 valence electrons. The maximum absolute atomic E-state index is 12.5. The van der Waals surface area contributed by atoms with Crippen LogP contribution in [0.15, 0.2) is 18.2 Å². The summed E-state index contributed by atoms with van der Waals surface area (Å²) >= 11 is 7.34. The SMILES string of the molecule is CC1(O)CCN(C(=O)c2sc3ccc(Cl)cc3c2N)C1. The number of hydrogen-bond donors (Lipinski definition) is 2. The molecule has 20 heavy (non-hydrogen) atoms. The molecule has 0 aliphatic carbocycles. The van der Waals surface area contributed by atoms with Crippen molar-refractivity contribution in [3.05, 3.63) is 28.1 Å². The summed E-state index contributed by atoms with van der Waals surface area (Å²) in [6, 6.07) is 5.43. The predicted octanol–water partition coefficient (Wildman–Crippen LogP) is 2.73. The lowest BCUT2D eigenvalue weighted by Crippen LogP contribution is -2.33. The highest BCUT2D eigenvalue weighted by atomic mass is 35.5. The van der Waals surface area contributed by atoms with Gasteiger partial charge in [0.2, 0.25) is 0 Å². The van der Waals surface area contributed by atoms with Gasteiger partial charge in [-0.05, 0) is 31.5 Å². The number of rotatable bonds is 1. The third-order valence-electron chi connectivity index (χ3n) is 3.62. The van der Waals surface area contributed by atoms with E-state index in [0.717, 1.165) is 10.1 Å². The molecule has 0 spiro atoms. The standard InChI is InChI=1S/C14H15ClN2O2S/c1-14(19)4-5-17(7-14)13(18)12-11(16)9-6-8(15)2-3-10(9)20-12/h2-3,6,19H,4-5,7,16H2,1H3. The van der Waals surface area contributed by atoms with E-state index in [1.807, 2.05) is 6.07 Å². The Morgan fingerprint density at radius 2 is 2.30 bits per heavy atom. The van der Waals surface area contributed by atoms with Crippen molar-refractivity contribution in [3.63, 3.8) is 0 Å². The Labute approximate surface area is 125 Å². The highest BCUT2D eigenvalue weighted by Crippen LogP contribution is 2.36. The molecular formula is C14H15ClN2O2S. The number of fused-ring (bicyclic) bond motifs is 1. The Bertz CT molecular complexity index is 696. The van der Waals surface area contributed by atoms with E-state index in [0.29, 0.717) is 35.1 Å². The van der Waals surface area contributed by atoms with E-state index in [-0.39, 0.29) is 5.91 Å². The molecule has 3 rings (SSSR count). The number of halogens is 1. The largest absolute Gasteiger partial charge is 0.397 e. The van der Waals surface area contributed by atoms with Gasteiger partial charge in [-0.1, -0.05) is 11.6 Å². The zero-order valence-electron chi connectivity index (χ0n) is 11.0. The summed E-state index contributed by atoms with van der Waals surface area (Å²) in [5.74, 6) is -0.113. The van der Waals surface area contributed by atoms with Crippen molar-refractivity contribution in [2.24, 2.45) is 0 Å². The molecule has 0 radical (unpaired) electrons. The number of β-amino-alcohol motifs (C(OH)–C–C–N with tert-alkyl or cyclic N) is 1. The van der Waals surface area contributed by atoms with E-state index in [4.69, 9.17) is 17.3 Å². The molecule has 1 aromatic carbocycles. The number of amides is 1.